The largest absolute Gasteiger partial charge is 0.353 e. The topological polar surface area (TPSA) is 66.5 Å². The zero-order valence-corrected chi connectivity index (χ0v) is 15.9. The predicted octanol–water partition coefficient (Wildman–Crippen LogP) is 3.03. The van der Waals surface area contributed by atoms with Crippen LogP contribution in [0.5, 0.6) is 0 Å². The van der Waals surface area contributed by atoms with Crippen molar-refractivity contribution in [2.24, 2.45) is 0 Å². The first-order chi connectivity index (χ1) is 12.4. The summed E-state index contributed by atoms with van der Waals surface area (Å²) in [6, 6.07) is 16.2. The van der Waals surface area contributed by atoms with Crippen molar-refractivity contribution < 1.29 is 13.2 Å². The van der Waals surface area contributed by atoms with E-state index in [1.807, 2.05) is 49.4 Å². The number of sulfonamides is 1. The van der Waals surface area contributed by atoms with Crippen LogP contribution < -0.4 is 5.32 Å². The molecule has 1 heterocycles. The summed E-state index contributed by atoms with van der Waals surface area (Å²) in [6.45, 7) is 3.80. The molecule has 0 saturated carbocycles. The number of nitrogens with zero attached hydrogens (tertiary/aromatic N) is 1. The number of carbonyl (C=O) groups excluding carboxylic acids is 1. The fourth-order valence-electron chi connectivity index (χ4n) is 3.47. The summed E-state index contributed by atoms with van der Waals surface area (Å²) in [4.78, 5) is 11.8. The van der Waals surface area contributed by atoms with Gasteiger partial charge in [0.15, 0.2) is 0 Å². The van der Waals surface area contributed by atoms with E-state index < -0.39 is 10.0 Å². The Kier molecular flexibility index (Phi) is 5.44. The van der Waals surface area contributed by atoms with Crippen LogP contribution in [0.4, 0.5) is 0 Å². The maximum absolute atomic E-state index is 13.2. The molecule has 2 aromatic rings. The van der Waals surface area contributed by atoms with E-state index in [2.05, 4.69) is 5.32 Å². The molecule has 1 fully saturated rings. The number of hydrogen-bond donors (Lipinski definition) is 1. The quantitative estimate of drug-likeness (QED) is 0.897. The molecule has 0 unspecified atom stereocenters. The van der Waals surface area contributed by atoms with Gasteiger partial charge in [0.05, 0.1) is 10.9 Å². The monoisotopic (exact) mass is 372 g/mol. The third-order valence-corrected chi connectivity index (χ3v) is 6.70. The first-order valence-corrected chi connectivity index (χ1v) is 10.2. The zero-order chi connectivity index (χ0) is 18.7. The lowest BCUT2D eigenvalue weighted by molar-refractivity contribution is -0.120. The van der Waals surface area contributed by atoms with Gasteiger partial charge in [-0.3, -0.25) is 4.79 Å². The Morgan fingerprint density at radius 3 is 2.35 bits per heavy atom. The van der Waals surface area contributed by atoms with Gasteiger partial charge in [-0.1, -0.05) is 48.0 Å². The Morgan fingerprint density at radius 2 is 1.73 bits per heavy atom. The Morgan fingerprint density at radius 1 is 1.08 bits per heavy atom. The fourth-order valence-corrected chi connectivity index (χ4v) is 5.11. The van der Waals surface area contributed by atoms with E-state index in [0.29, 0.717) is 24.3 Å². The molecule has 2 aromatic carbocycles. The molecule has 1 saturated heterocycles. The summed E-state index contributed by atoms with van der Waals surface area (Å²) < 4.78 is 28.1. The van der Waals surface area contributed by atoms with Gasteiger partial charge in [0, 0.05) is 19.5 Å². The van der Waals surface area contributed by atoms with E-state index in [9.17, 15) is 13.2 Å². The van der Waals surface area contributed by atoms with Crippen LogP contribution in [-0.2, 0) is 14.8 Å². The van der Waals surface area contributed by atoms with Crippen molar-refractivity contribution in [1.29, 1.82) is 0 Å². The van der Waals surface area contributed by atoms with Crippen molar-refractivity contribution >= 4 is 15.9 Å². The summed E-state index contributed by atoms with van der Waals surface area (Å²) in [6.07, 6.45) is 1.17. The molecule has 138 valence electrons. The Labute approximate surface area is 155 Å². The number of rotatable bonds is 4. The van der Waals surface area contributed by atoms with E-state index >= 15 is 0 Å². The lowest BCUT2D eigenvalue weighted by Gasteiger charge is -2.39. The van der Waals surface area contributed by atoms with Crippen LogP contribution in [0.1, 0.15) is 36.9 Å². The van der Waals surface area contributed by atoms with Crippen molar-refractivity contribution in [1.82, 2.24) is 9.62 Å². The lowest BCUT2D eigenvalue weighted by Crippen LogP contribution is -2.47. The van der Waals surface area contributed by atoms with Crippen LogP contribution in [0.15, 0.2) is 59.5 Å². The molecule has 2 atom stereocenters. The second-order valence-electron chi connectivity index (χ2n) is 6.78. The first-order valence-electron chi connectivity index (χ1n) is 8.78. The molecule has 5 nitrogen and oxygen atoms in total. The van der Waals surface area contributed by atoms with Crippen LogP contribution in [0.2, 0.25) is 0 Å². The van der Waals surface area contributed by atoms with Crippen molar-refractivity contribution in [3.8, 4) is 0 Å². The average molecular weight is 372 g/mol. The van der Waals surface area contributed by atoms with Crippen LogP contribution in [0.3, 0.4) is 0 Å². The molecule has 1 amide bonds. The van der Waals surface area contributed by atoms with E-state index in [1.165, 1.54) is 6.92 Å². The second kappa shape index (κ2) is 7.60. The molecule has 0 aromatic heterocycles. The highest BCUT2D eigenvalue weighted by molar-refractivity contribution is 7.89. The average Bonchev–Trinajstić information content (AvgIpc) is 2.62. The third-order valence-electron chi connectivity index (χ3n) is 4.77. The summed E-state index contributed by atoms with van der Waals surface area (Å²) in [7, 11) is -3.61. The summed E-state index contributed by atoms with van der Waals surface area (Å²) in [5, 5.41) is 2.94. The molecule has 1 aliphatic rings. The van der Waals surface area contributed by atoms with Crippen LogP contribution in [0.25, 0.3) is 0 Å². The van der Waals surface area contributed by atoms with E-state index in [0.717, 1.165) is 11.1 Å². The molecule has 6 heteroatoms. The van der Waals surface area contributed by atoms with E-state index in [4.69, 9.17) is 0 Å². The molecule has 3 rings (SSSR count). The number of nitrogens with one attached hydrogen (secondary N) is 1. The number of benzene rings is 2. The number of piperidine rings is 1. The number of hydrogen-bond acceptors (Lipinski definition) is 3. The molecule has 1 aliphatic heterocycles. The van der Waals surface area contributed by atoms with Crippen molar-refractivity contribution in [2.75, 3.05) is 6.54 Å². The van der Waals surface area contributed by atoms with Gasteiger partial charge < -0.3 is 5.32 Å². The van der Waals surface area contributed by atoms with Crippen molar-refractivity contribution in [3.05, 3.63) is 65.7 Å². The van der Waals surface area contributed by atoms with Crippen LogP contribution in [-0.4, -0.2) is 31.2 Å². The van der Waals surface area contributed by atoms with Crippen LogP contribution >= 0.6 is 0 Å². The first kappa shape index (κ1) is 18.6. The van der Waals surface area contributed by atoms with Crippen molar-refractivity contribution in [3.63, 3.8) is 0 Å². The van der Waals surface area contributed by atoms with Crippen LogP contribution in [0, 0.1) is 6.92 Å². The number of aryl methyl sites for hydroxylation is 1. The minimum atomic E-state index is -3.61. The van der Waals surface area contributed by atoms with Gasteiger partial charge in [-0.2, -0.15) is 4.31 Å². The molecule has 1 N–H and O–H groups in total. The number of carbonyl (C=O) groups is 1. The lowest BCUT2D eigenvalue weighted by atomic mass is 9.94. The third kappa shape index (κ3) is 3.97. The molecular formula is C20H24N2O3S. The molecule has 0 radical (unpaired) electrons. The van der Waals surface area contributed by atoms with Gasteiger partial charge in [-0.25, -0.2) is 8.42 Å². The van der Waals surface area contributed by atoms with E-state index in [-0.39, 0.29) is 18.0 Å². The molecule has 0 bridgehead atoms. The van der Waals surface area contributed by atoms with Gasteiger partial charge in [0.25, 0.3) is 0 Å². The summed E-state index contributed by atoms with van der Waals surface area (Å²) in [5.41, 5.74) is 1.96. The maximum atomic E-state index is 13.2. The van der Waals surface area contributed by atoms with Crippen molar-refractivity contribution in [2.45, 2.75) is 43.7 Å². The second-order valence-corrected chi connectivity index (χ2v) is 8.67. The SMILES string of the molecule is CC(=O)N[C@H]1CCN(S(=O)(=O)c2ccc(C)cc2)[C@H](c2ccccc2)C1. The highest BCUT2D eigenvalue weighted by Gasteiger charge is 2.37. The fraction of sp³-hybridized carbons (Fsp3) is 0.350. The predicted molar refractivity (Wildman–Crippen MR) is 101 cm³/mol. The Balaban J connectivity index is 1.95. The molecule has 26 heavy (non-hydrogen) atoms. The normalized spacial score (nSPS) is 21.3. The molecular weight excluding hydrogens is 348 g/mol. The minimum absolute atomic E-state index is 0.0258. The standard InChI is InChI=1S/C20H24N2O3S/c1-15-8-10-19(11-9-15)26(24,25)22-13-12-18(21-16(2)23)14-20(22)17-6-4-3-5-7-17/h3-11,18,20H,12-14H2,1-2H3,(H,21,23)/t18-,20-/m0/s1. The summed E-state index contributed by atoms with van der Waals surface area (Å²) >= 11 is 0. The molecule has 0 aliphatic carbocycles. The highest BCUT2D eigenvalue weighted by Crippen LogP contribution is 2.35. The van der Waals surface area contributed by atoms with Gasteiger partial charge in [-0.15, -0.1) is 0 Å². The minimum Gasteiger partial charge on any atom is -0.353 e. The maximum Gasteiger partial charge on any atom is 0.243 e. The van der Waals surface area contributed by atoms with Gasteiger partial charge in [-0.05, 0) is 37.5 Å². The molecule has 0 spiro atoms. The number of amides is 1. The highest BCUT2D eigenvalue weighted by atomic mass is 32.2. The van der Waals surface area contributed by atoms with Gasteiger partial charge in [0.1, 0.15) is 0 Å². The Bertz CT molecular complexity index is 864. The zero-order valence-electron chi connectivity index (χ0n) is 15.1. The summed E-state index contributed by atoms with van der Waals surface area (Å²) in [5.74, 6) is -0.0864. The van der Waals surface area contributed by atoms with Gasteiger partial charge in [0.2, 0.25) is 15.9 Å². The Hall–Kier alpha value is -2.18. The smallest absolute Gasteiger partial charge is 0.243 e. The van der Waals surface area contributed by atoms with E-state index in [1.54, 1.807) is 16.4 Å². The van der Waals surface area contributed by atoms with Gasteiger partial charge >= 0.3 is 0 Å².